The van der Waals surface area contributed by atoms with Crippen LogP contribution < -0.4 is 5.32 Å². The van der Waals surface area contributed by atoms with Gasteiger partial charge in [-0.1, -0.05) is 91.1 Å². The van der Waals surface area contributed by atoms with Crippen molar-refractivity contribution in [1.82, 2.24) is 0 Å². The minimum absolute atomic E-state index is 0.168. The number of hydrogen-bond acceptors (Lipinski definition) is 1. The maximum atomic E-state index is 3.62. The number of allylic oxidation sites excluding steroid dienone is 8. The minimum Gasteiger partial charge on any atom is -0.356 e. The highest BCUT2D eigenvalue weighted by Crippen LogP contribution is 2.58. The maximum Gasteiger partial charge on any atom is 0.0526 e. The Labute approximate surface area is 190 Å². The van der Waals surface area contributed by atoms with Crippen LogP contribution in [0, 0.1) is 5.92 Å². The molecule has 156 valence electrons. The van der Waals surface area contributed by atoms with Crippen molar-refractivity contribution in [3.05, 3.63) is 138 Å². The summed E-state index contributed by atoms with van der Waals surface area (Å²) in [5.74, 6) is 0.385. The fourth-order valence-corrected chi connectivity index (χ4v) is 5.91. The third-order valence-electron chi connectivity index (χ3n) is 7.19. The Hall–Kier alpha value is -3.58. The molecular weight excluding hydrogens is 386 g/mol. The number of benzene rings is 3. The molecule has 1 heteroatoms. The second kappa shape index (κ2) is 7.84. The molecule has 0 aromatic heterocycles. The SMILES string of the molecule is C1=CCC(C2(c3cccc(Nc4ccccc4)c3)C3=C(CCC=C3)c3ccccc32)C=C1. The van der Waals surface area contributed by atoms with E-state index in [1.165, 1.54) is 27.8 Å². The molecule has 0 radical (unpaired) electrons. The summed E-state index contributed by atoms with van der Waals surface area (Å²) in [6.07, 6.45) is 17.2. The van der Waals surface area contributed by atoms with Gasteiger partial charge in [-0.3, -0.25) is 0 Å². The van der Waals surface area contributed by atoms with Crippen molar-refractivity contribution in [2.75, 3.05) is 5.32 Å². The molecule has 0 saturated heterocycles. The average Bonchev–Trinajstić information content (AvgIpc) is 3.17. The molecule has 3 aromatic carbocycles. The second-order valence-electron chi connectivity index (χ2n) is 8.91. The molecule has 6 rings (SSSR count). The van der Waals surface area contributed by atoms with E-state index in [1.807, 2.05) is 0 Å². The molecule has 0 fully saturated rings. The Morgan fingerprint density at radius 2 is 1.62 bits per heavy atom. The van der Waals surface area contributed by atoms with Crippen LogP contribution in [0.2, 0.25) is 0 Å². The van der Waals surface area contributed by atoms with Crippen LogP contribution in [-0.4, -0.2) is 0 Å². The zero-order valence-corrected chi connectivity index (χ0v) is 18.2. The molecule has 0 bridgehead atoms. The van der Waals surface area contributed by atoms with E-state index in [1.54, 1.807) is 0 Å². The van der Waals surface area contributed by atoms with E-state index in [4.69, 9.17) is 0 Å². The fraction of sp³-hybridized carbons (Fsp3) is 0.161. The van der Waals surface area contributed by atoms with Crippen molar-refractivity contribution in [2.45, 2.75) is 24.7 Å². The monoisotopic (exact) mass is 413 g/mol. The summed E-state index contributed by atoms with van der Waals surface area (Å²) in [6.45, 7) is 0. The topological polar surface area (TPSA) is 12.0 Å². The van der Waals surface area contributed by atoms with Crippen LogP contribution in [0.15, 0.2) is 121 Å². The molecule has 32 heavy (non-hydrogen) atoms. The molecule has 0 heterocycles. The predicted molar refractivity (Wildman–Crippen MR) is 135 cm³/mol. The lowest BCUT2D eigenvalue weighted by Gasteiger charge is -2.41. The average molecular weight is 414 g/mol. The van der Waals surface area contributed by atoms with Gasteiger partial charge in [0.1, 0.15) is 0 Å². The Morgan fingerprint density at radius 3 is 2.50 bits per heavy atom. The Bertz CT molecular complexity index is 1270. The zero-order valence-electron chi connectivity index (χ0n) is 18.2. The Balaban J connectivity index is 1.57. The molecule has 3 aliphatic carbocycles. The van der Waals surface area contributed by atoms with E-state index in [0.29, 0.717) is 5.92 Å². The van der Waals surface area contributed by atoms with Crippen molar-refractivity contribution >= 4 is 16.9 Å². The van der Waals surface area contributed by atoms with Crippen LogP contribution in [0.25, 0.3) is 5.57 Å². The number of rotatable bonds is 4. The summed E-state index contributed by atoms with van der Waals surface area (Å²) in [4.78, 5) is 0. The van der Waals surface area contributed by atoms with Gasteiger partial charge in [0.05, 0.1) is 5.41 Å². The lowest BCUT2D eigenvalue weighted by atomic mass is 9.61. The third-order valence-corrected chi connectivity index (χ3v) is 7.19. The largest absolute Gasteiger partial charge is 0.356 e. The summed E-state index contributed by atoms with van der Waals surface area (Å²) in [6, 6.07) is 28.6. The highest BCUT2D eigenvalue weighted by atomic mass is 14.9. The van der Waals surface area contributed by atoms with Gasteiger partial charge in [-0.2, -0.15) is 0 Å². The predicted octanol–water partition coefficient (Wildman–Crippen LogP) is 7.97. The number of anilines is 2. The van der Waals surface area contributed by atoms with Gasteiger partial charge in [-0.25, -0.2) is 0 Å². The molecule has 0 aliphatic heterocycles. The van der Waals surface area contributed by atoms with Crippen LogP contribution in [0.4, 0.5) is 11.4 Å². The molecule has 2 unspecified atom stereocenters. The third kappa shape index (κ3) is 2.92. The minimum atomic E-state index is -0.168. The standard InChI is InChI=1S/C31H27N/c1-3-12-23(13-4-1)31(24-14-11-17-26(22-24)32-25-15-5-2-6-16-25)29-20-9-7-18-27(29)28-19-8-10-21-30(28)31/h1-7,9-12,14-18,20-23,32H,8,13,19H2. The summed E-state index contributed by atoms with van der Waals surface area (Å²) in [7, 11) is 0. The molecule has 3 aliphatic rings. The van der Waals surface area contributed by atoms with Crippen LogP contribution in [0.1, 0.15) is 36.0 Å². The first-order chi connectivity index (χ1) is 15.9. The van der Waals surface area contributed by atoms with E-state index in [2.05, 4.69) is 121 Å². The van der Waals surface area contributed by atoms with Gasteiger partial charge in [-0.05, 0) is 77.3 Å². The van der Waals surface area contributed by atoms with Crippen LogP contribution in [-0.2, 0) is 5.41 Å². The van der Waals surface area contributed by atoms with Crippen LogP contribution in [0.5, 0.6) is 0 Å². The summed E-state index contributed by atoms with van der Waals surface area (Å²) < 4.78 is 0. The molecule has 3 aromatic rings. The number of fused-ring (bicyclic) bond motifs is 2. The molecule has 2 atom stereocenters. The summed E-state index contributed by atoms with van der Waals surface area (Å²) in [5.41, 5.74) is 9.37. The molecule has 1 nitrogen and oxygen atoms in total. The summed E-state index contributed by atoms with van der Waals surface area (Å²) >= 11 is 0. The van der Waals surface area contributed by atoms with E-state index >= 15 is 0 Å². The Morgan fingerprint density at radius 1 is 0.781 bits per heavy atom. The van der Waals surface area contributed by atoms with Crippen molar-refractivity contribution in [3.8, 4) is 0 Å². The number of hydrogen-bond donors (Lipinski definition) is 1. The van der Waals surface area contributed by atoms with E-state index < -0.39 is 0 Å². The number of nitrogens with one attached hydrogen (secondary N) is 1. The van der Waals surface area contributed by atoms with Crippen LogP contribution >= 0.6 is 0 Å². The van der Waals surface area contributed by atoms with Crippen molar-refractivity contribution in [2.24, 2.45) is 5.92 Å². The van der Waals surface area contributed by atoms with Crippen molar-refractivity contribution in [3.63, 3.8) is 0 Å². The smallest absolute Gasteiger partial charge is 0.0526 e. The zero-order chi connectivity index (χ0) is 21.4. The van der Waals surface area contributed by atoms with Crippen LogP contribution in [0.3, 0.4) is 0 Å². The Kier molecular flexibility index (Phi) is 4.69. The van der Waals surface area contributed by atoms with Gasteiger partial charge in [0.25, 0.3) is 0 Å². The number of para-hydroxylation sites is 1. The molecule has 0 amide bonds. The van der Waals surface area contributed by atoms with Gasteiger partial charge in [0.15, 0.2) is 0 Å². The first-order valence-corrected chi connectivity index (χ1v) is 11.6. The highest BCUT2D eigenvalue weighted by molar-refractivity contribution is 5.86. The molecular formula is C31H27N. The van der Waals surface area contributed by atoms with Gasteiger partial charge in [0.2, 0.25) is 0 Å². The molecule has 0 saturated carbocycles. The normalized spacial score (nSPS) is 23.2. The second-order valence-corrected chi connectivity index (χ2v) is 8.91. The molecule has 1 N–H and O–H groups in total. The van der Waals surface area contributed by atoms with E-state index in [9.17, 15) is 0 Å². The lowest BCUT2D eigenvalue weighted by Crippen LogP contribution is -2.36. The van der Waals surface area contributed by atoms with E-state index in [0.717, 1.165) is 30.6 Å². The van der Waals surface area contributed by atoms with Crippen molar-refractivity contribution < 1.29 is 0 Å². The van der Waals surface area contributed by atoms with Gasteiger partial charge >= 0.3 is 0 Å². The van der Waals surface area contributed by atoms with Gasteiger partial charge < -0.3 is 5.32 Å². The fourth-order valence-electron chi connectivity index (χ4n) is 5.91. The first-order valence-electron chi connectivity index (χ1n) is 11.6. The van der Waals surface area contributed by atoms with Gasteiger partial charge in [0, 0.05) is 11.4 Å². The quantitative estimate of drug-likeness (QED) is 0.457. The maximum absolute atomic E-state index is 3.62. The first kappa shape index (κ1) is 19.1. The lowest BCUT2D eigenvalue weighted by molar-refractivity contribution is 0.453. The molecule has 0 spiro atoms. The van der Waals surface area contributed by atoms with Gasteiger partial charge in [-0.15, -0.1) is 0 Å². The highest BCUT2D eigenvalue weighted by Gasteiger charge is 2.49. The van der Waals surface area contributed by atoms with E-state index in [-0.39, 0.29) is 5.41 Å². The summed E-state index contributed by atoms with van der Waals surface area (Å²) in [5, 5.41) is 3.62. The van der Waals surface area contributed by atoms with Crippen molar-refractivity contribution in [1.29, 1.82) is 0 Å².